The highest BCUT2D eigenvalue weighted by molar-refractivity contribution is 7.21. The standard InChI is InChI=1S/C18H14N4O4S/c1-22-14(18(24)26-21-22)15(23)16-13(19)11-7-8-12(20-17(11)27-16)9-3-5-10(25-2)6-4-9/h3-8H,1-2H3,(H2-,19,21,23,24). The number of hydrogen-bond donors (Lipinski definition) is 1. The van der Waals surface area contributed by atoms with Gasteiger partial charge in [0.25, 0.3) is 5.78 Å². The lowest BCUT2D eigenvalue weighted by Gasteiger charge is -2.03. The Bertz CT molecular complexity index is 1140. The highest BCUT2D eigenvalue weighted by Crippen LogP contribution is 2.36. The molecule has 136 valence electrons. The number of pyridine rings is 1. The van der Waals surface area contributed by atoms with Crippen LogP contribution in [0.2, 0.25) is 0 Å². The molecule has 0 aliphatic rings. The Hall–Kier alpha value is -3.46. The number of aryl methyl sites for hydroxylation is 1. The molecule has 0 unspecified atom stereocenters. The Morgan fingerprint density at radius 3 is 2.63 bits per heavy atom. The van der Waals surface area contributed by atoms with Crippen LogP contribution in [0.3, 0.4) is 0 Å². The lowest BCUT2D eigenvalue weighted by molar-refractivity contribution is -0.741. The number of thiophene rings is 1. The van der Waals surface area contributed by atoms with Crippen molar-refractivity contribution in [3.8, 4) is 23.0 Å². The number of anilines is 1. The smallest absolute Gasteiger partial charge is 0.305 e. The normalized spacial score (nSPS) is 11.0. The van der Waals surface area contributed by atoms with E-state index in [0.29, 0.717) is 10.2 Å². The number of carbonyl (C=O) groups is 1. The van der Waals surface area contributed by atoms with Crippen molar-refractivity contribution in [2.24, 2.45) is 7.05 Å². The van der Waals surface area contributed by atoms with Crippen molar-refractivity contribution in [2.75, 3.05) is 12.8 Å². The molecule has 4 rings (SSSR count). The average Bonchev–Trinajstić information content (AvgIpc) is 3.20. The number of methoxy groups -OCH3 is 1. The molecule has 0 radical (unpaired) electrons. The van der Waals surface area contributed by atoms with E-state index in [9.17, 15) is 9.90 Å². The predicted molar refractivity (Wildman–Crippen MR) is 96.6 cm³/mol. The fraction of sp³-hybridized carbons (Fsp3) is 0.111. The lowest BCUT2D eigenvalue weighted by Crippen LogP contribution is -2.37. The molecule has 0 spiro atoms. The summed E-state index contributed by atoms with van der Waals surface area (Å²) < 4.78 is 10.8. The first-order chi connectivity index (χ1) is 13.0. The predicted octanol–water partition coefficient (Wildman–Crippen LogP) is 1.67. The molecule has 0 aliphatic heterocycles. The highest BCUT2D eigenvalue weighted by Gasteiger charge is 2.28. The van der Waals surface area contributed by atoms with Gasteiger partial charge >= 0.3 is 5.69 Å². The average molecular weight is 382 g/mol. The SMILES string of the molecule is COc1ccc(-c2ccc3c(N)c(C(=O)c4c([O-])on[n+]4C)sc3n2)cc1. The maximum absolute atomic E-state index is 12.7. The highest BCUT2D eigenvalue weighted by atomic mass is 32.1. The van der Waals surface area contributed by atoms with E-state index in [4.69, 9.17) is 10.5 Å². The molecule has 9 heteroatoms. The fourth-order valence-electron chi connectivity index (χ4n) is 2.75. The van der Waals surface area contributed by atoms with E-state index in [1.165, 1.54) is 7.05 Å². The van der Waals surface area contributed by atoms with Crippen LogP contribution in [0.15, 0.2) is 40.9 Å². The molecule has 0 amide bonds. The van der Waals surface area contributed by atoms with E-state index in [2.05, 4.69) is 14.8 Å². The molecule has 1 aromatic carbocycles. The minimum atomic E-state index is -0.800. The van der Waals surface area contributed by atoms with Crippen LogP contribution >= 0.6 is 11.3 Å². The van der Waals surface area contributed by atoms with Gasteiger partial charge in [0, 0.05) is 10.9 Å². The van der Waals surface area contributed by atoms with Crippen LogP contribution in [-0.4, -0.2) is 23.1 Å². The van der Waals surface area contributed by atoms with Crippen LogP contribution in [0.4, 0.5) is 5.69 Å². The largest absolute Gasteiger partial charge is 0.539 e. The van der Waals surface area contributed by atoms with Gasteiger partial charge in [-0.15, -0.1) is 11.3 Å². The minimum absolute atomic E-state index is 0.177. The molecule has 0 bridgehead atoms. The van der Waals surface area contributed by atoms with Gasteiger partial charge in [0.1, 0.15) is 15.5 Å². The number of nitrogens with two attached hydrogens (primary N) is 1. The number of ketones is 1. The summed E-state index contributed by atoms with van der Waals surface area (Å²) in [6, 6.07) is 11.1. The Morgan fingerprint density at radius 1 is 1.26 bits per heavy atom. The van der Waals surface area contributed by atoms with Crippen LogP contribution in [-0.2, 0) is 7.05 Å². The van der Waals surface area contributed by atoms with Gasteiger partial charge in [-0.05, 0) is 36.4 Å². The first kappa shape index (κ1) is 17.0. The summed E-state index contributed by atoms with van der Waals surface area (Å²) >= 11 is 1.13. The quantitative estimate of drug-likeness (QED) is 0.421. The van der Waals surface area contributed by atoms with Gasteiger partial charge in [-0.25, -0.2) is 4.98 Å². The summed E-state index contributed by atoms with van der Waals surface area (Å²) in [6.07, 6.45) is 0. The number of ether oxygens (including phenoxy) is 1. The second-order valence-electron chi connectivity index (χ2n) is 5.78. The molecule has 2 N–H and O–H groups in total. The third-order valence-corrected chi connectivity index (χ3v) is 5.28. The van der Waals surface area contributed by atoms with Crippen molar-refractivity contribution in [3.05, 3.63) is 47.0 Å². The lowest BCUT2D eigenvalue weighted by atomic mass is 10.1. The second kappa shape index (κ2) is 6.36. The van der Waals surface area contributed by atoms with Gasteiger partial charge in [-0.3, -0.25) is 4.79 Å². The van der Waals surface area contributed by atoms with Gasteiger partial charge in [0.05, 0.1) is 23.8 Å². The zero-order valence-electron chi connectivity index (χ0n) is 14.4. The monoisotopic (exact) mass is 382 g/mol. The van der Waals surface area contributed by atoms with Crippen LogP contribution in [0.5, 0.6) is 11.7 Å². The summed E-state index contributed by atoms with van der Waals surface area (Å²) in [4.78, 5) is 18.2. The van der Waals surface area contributed by atoms with Crippen molar-refractivity contribution < 1.29 is 23.8 Å². The number of nitrogen functional groups attached to an aromatic ring is 1. The van der Waals surface area contributed by atoms with E-state index < -0.39 is 11.7 Å². The number of hydrogen-bond acceptors (Lipinski definition) is 8. The number of fused-ring (bicyclic) bond motifs is 1. The maximum atomic E-state index is 12.7. The molecule has 3 aromatic heterocycles. The van der Waals surface area contributed by atoms with E-state index in [-0.39, 0.29) is 16.3 Å². The van der Waals surface area contributed by atoms with Crippen molar-refractivity contribution in [1.82, 2.24) is 10.3 Å². The van der Waals surface area contributed by atoms with Gasteiger partial charge in [0.2, 0.25) is 0 Å². The second-order valence-corrected chi connectivity index (χ2v) is 6.78. The van der Waals surface area contributed by atoms with Gasteiger partial charge in [0.15, 0.2) is 13.0 Å². The van der Waals surface area contributed by atoms with E-state index in [1.54, 1.807) is 7.11 Å². The summed E-state index contributed by atoms with van der Waals surface area (Å²) in [6.45, 7) is 0. The third kappa shape index (κ3) is 2.77. The molecular weight excluding hydrogens is 368 g/mol. The molecular formula is C18H14N4O4S. The third-order valence-electron chi connectivity index (χ3n) is 4.16. The van der Waals surface area contributed by atoms with Crippen LogP contribution in [0.25, 0.3) is 21.5 Å². The molecule has 0 aliphatic carbocycles. The van der Waals surface area contributed by atoms with E-state index in [0.717, 1.165) is 33.0 Å². The summed E-state index contributed by atoms with van der Waals surface area (Å²) in [5.74, 6) is -0.579. The van der Waals surface area contributed by atoms with Gasteiger partial charge in [-0.1, -0.05) is 4.68 Å². The minimum Gasteiger partial charge on any atom is -0.539 e. The van der Waals surface area contributed by atoms with Crippen LogP contribution in [0, 0.1) is 0 Å². The van der Waals surface area contributed by atoms with Crippen molar-refractivity contribution in [3.63, 3.8) is 0 Å². The Morgan fingerprint density at radius 2 is 2.00 bits per heavy atom. The van der Waals surface area contributed by atoms with Crippen LogP contribution in [0.1, 0.15) is 15.4 Å². The number of rotatable bonds is 4. The Kier molecular flexibility index (Phi) is 4.00. The summed E-state index contributed by atoms with van der Waals surface area (Å²) in [5.41, 5.74) is 7.90. The van der Waals surface area contributed by atoms with Crippen LogP contribution < -0.4 is 20.3 Å². The van der Waals surface area contributed by atoms with Gasteiger partial charge < -0.3 is 20.1 Å². The fourth-order valence-corrected chi connectivity index (χ4v) is 3.78. The zero-order valence-corrected chi connectivity index (χ0v) is 15.2. The first-order valence-corrected chi connectivity index (χ1v) is 8.72. The first-order valence-electron chi connectivity index (χ1n) is 7.90. The number of carbonyl (C=O) groups excluding carboxylic acids is 1. The van der Waals surface area contributed by atoms with E-state index >= 15 is 0 Å². The summed E-state index contributed by atoms with van der Waals surface area (Å²) in [5, 5.41) is 15.9. The Balaban J connectivity index is 1.78. The maximum Gasteiger partial charge on any atom is 0.305 e. The van der Waals surface area contributed by atoms with Crippen molar-refractivity contribution >= 4 is 33.0 Å². The van der Waals surface area contributed by atoms with Crippen molar-refractivity contribution in [1.29, 1.82) is 0 Å². The number of aromatic nitrogens is 3. The van der Waals surface area contributed by atoms with Gasteiger partial charge in [-0.2, -0.15) is 0 Å². The van der Waals surface area contributed by atoms with Crippen molar-refractivity contribution in [2.45, 2.75) is 0 Å². The zero-order chi connectivity index (χ0) is 19.1. The topological polar surface area (TPSA) is 118 Å². The molecule has 4 aromatic rings. The Labute approximate surface area is 157 Å². The molecule has 0 atom stereocenters. The molecule has 8 nitrogen and oxygen atoms in total. The molecule has 0 saturated carbocycles. The van der Waals surface area contributed by atoms with E-state index in [1.807, 2.05) is 36.4 Å². The molecule has 0 saturated heterocycles. The number of nitrogens with zero attached hydrogens (tertiary/aromatic N) is 3. The summed E-state index contributed by atoms with van der Waals surface area (Å²) in [7, 11) is 3.07. The number of benzene rings is 1. The molecule has 0 fully saturated rings. The molecule has 27 heavy (non-hydrogen) atoms. The molecule has 3 heterocycles.